The van der Waals surface area contributed by atoms with Crippen LogP contribution in [0.25, 0.3) is 22.2 Å². The van der Waals surface area contributed by atoms with Gasteiger partial charge in [-0.05, 0) is 24.3 Å². The Bertz CT molecular complexity index is 714. The summed E-state index contributed by atoms with van der Waals surface area (Å²) in [5.74, 6) is 0. The number of nitrogens with two attached hydrogens (primary N) is 1. The zero-order chi connectivity index (χ0) is 12.7. The van der Waals surface area contributed by atoms with Gasteiger partial charge in [-0.15, -0.1) is 0 Å². The first-order chi connectivity index (χ1) is 8.65. The first kappa shape index (κ1) is 11.4. The van der Waals surface area contributed by atoms with Gasteiger partial charge in [0.05, 0.1) is 11.2 Å². The molecule has 18 heavy (non-hydrogen) atoms. The van der Waals surface area contributed by atoms with Gasteiger partial charge >= 0.3 is 0 Å². The third kappa shape index (κ3) is 1.82. The number of nitrogens with one attached hydrogen (secondary N) is 1. The monoisotopic (exact) mass is 277 g/mol. The van der Waals surface area contributed by atoms with Gasteiger partial charge in [0.2, 0.25) is 0 Å². The summed E-state index contributed by atoms with van der Waals surface area (Å²) in [5, 5.41) is 9.33. The van der Waals surface area contributed by atoms with Gasteiger partial charge < -0.3 is 5.73 Å². The normalized spacial score (nSPS) is 11.0. The molecular formula is C13H9Cl2N3. The summed E-state index contributed by atoms with van der Waals surface area (Å²) >= 11 is 12.0. The lowest BCUT2D eigenvalue weighted by atomic mass is 10.1. The second-order valence-electron chi connectivity index (χ2n) is 4.00. The molecule has 90 valence electrons. The van der Waals surface area contributed by atoms with Crippen molar-refractivity contribution in [1.82, 2.24) is 10.2 Å². The molecule has 0 radical (unpaired) electrons. The molecule has 2 aromatic carbocycles. The van der Waals surface area contributed by atoms with Crippen molar-refractivity contribution in [3.63, 3.8) is 0 Å². The minimum absolute atomic E-state index is 0.581. The highest BCUT2D eigenvalue weighted by Gasteiger charge is 2.10. The van der Waals surface area contributed by atoms with Gasteiger partial charge in [-0.3, -0.25) is 5.10 Å². The van der Waals surface area contributed by atoms with Crippen LogP contribution < -0.4 is 5.73 Å². The first-order valence-electron chi connectivity index (χ1n) is 5.34. The summed E-state index contributed by atoms with van der Waals surface area (Å²) < 4.78 is 0. The van der Waals surface area contributed by atoms with Crippen molar-refractivity contribution in [3.05, 3.63) is 46.4 Å². The smallest absolute Gasteiger partial charge is 0.100 e. The maximum Gasteiger partial charge on any atom is 0.100 e. The van der Waals surface area contributed by atoms with E-state index in [0.29, 0.717) is 15.7 Å². The van der Waals surface area contributed by atoms with Crippen LogP contribution in [0.3, 0.4) is 0 Å². The van der Waals surface area contributed by atoms with Crippen LogP contribution in [-0.4, -0.2) is 10.2 Å². The maximum absolute atomic E-state index is 6.00. The quantitative estimate of drug-likeness (QED) is 0.658. The van der Waals surface area contributed by atoms with E-state index in [1.165, 1.54) is 0 Å². The Kier molecular flexibility index (Phi) is 2.65. The van der Waals surface area contributed by atoms with Crippen LogP contribution in [0, 0.1) is 0 Å². The molecule has 3 N–H and O–H groups in total. The highest BCUT2D eigenvalue weighted by atomic mass is 35.5. The molecule has 0 bridgehead atoms. The lowest BCUT2D eigenvalue weighted by molar-refractivity contribution is 1.12. The fourth-order valence-corrected chi connectivity index (χ4v) is 2.50. The summed E-state index contributed by atoms with van der Waals surface area (Å²) in [5.41, 5.74) is 9.03. The van der Waals surface area contributed by atoms with Gasteiger partial charge in [-0.2, -0.15) is 5.10 Å². The predicted molar refractivity (Wildman–Crippen MR) is 76.0 cm³/mol. The summed E-state index contributed by atoms with van der Waals surface area (Å²) in [6, 6.07) is 11.0. The van der Waals surface area contributed by atoms with Crippen molar-refractivity contribution in [2.45, 2.75) is 0 Å². The Labute approximate surface area is 114 Å². The first-order valence-corrected chi connectivity index (χ1v) is 6.10. The Balaban J connectivity index is 2.29. The third-order valence-electron chi connectivity index (χ3n) is 2.77. The van der Waals surface area contributed by atoms with E-state index in [1.54, 1.807) is 6.07 Å². The summed E-state index contributed by atoms with van der Waals surface area (Å²) in [6.45, 7) is 0. The summed E-state index contributed by atoms with van der Waals surface area (Å²) in [4.78, 5) is 0. The number of nitrogen functional groups attached to an aromatic ring is 1. The zero-order valence-electron chi connectivity index (χ0n) is 9.24. The number of hydrogen-bond acceptors (Lipinski definition) is 2. The number of aromatic amines is 1. The summed E-state index contributed by atoms with van der Waals surface area (Å²) in [7, 11) is 0. The average molecular weight is 278 g/mol. The lowest BCUT2D eigenvalue weighted by Crippen LogP contribution is -1.85. The fraction of sp³-hybridized carbons (Fsp3) is 0. The SMILES string of the molecule is Nc1cccc2c(-c3cc(Cl)cc(Cl)c3)n[nH]c12. The molecule has 0 atom stereocenters. The van der Waals surface area contributed by atoms with Crippen molar-refractivity contribution in [2.24, 2.45) is 0 Å². The van der Waals surface area contributed by atoms with Gasteiger partial charge in [0.15, 0.2) is 0 Å². The van der Waals surface area contributed by atoms with Crippen LogP contribution in [0.4, 0.5) is 5.69 Å². The number of halogens is 2. The number of benzene rings is 2. The number of H-pyrrole nitrogens is 1. The highest BCUT2D eigenvalue weighted by Crippen LogP contribution is 2.32. The summed E-state index contributed by atoms with van der Waals surface area (Å²) in [6.07, 6.45) is 0. The number of hydrogen-bond donors (Lipinski definition) is 2. The second kappa shape index (κ2) is 4.19. The topological polar surface area (TPSA) is 54.7 Å². The molecule has 0 spiro atoms. The molecule has 3 nitrogen and oxygen atoms in total. The molecular weight excluding hydrogens is 269 g/mol. The number of anilines is 1. The zero-order valence-corrected chi connectivity index (χ0v) is 10.8. The molecule has 0 unspecified atom stereocenters. The largest absolute Gasteiger partial charge is 0.397 e. The van der Waals surface area contributed by atoms with Gasteiger partial charge in [0.1, 0.15) is 5.69 Å². The van der Waals surface area contributed by atoms with E-state index in [-0.39, 0.29) is 0 Å². The molecule has 0 aliphatic rings. The van der Waals surface area contributed by atoms with Crippen LogP contribution in [-0.2, 0) is 0 Å². The van der Waals surface area contributed by atoms with Crippen LogP contribution in [0.5, 0.6) is 0 Å². The minimum atomic E-state index is 0.581. The van der Waals surface area contributed by atoms with E-state index >= 15 is 0 Å². The standard InChI is InChI=1S/C13H9Cl2N3/c14-8-4-7(5-9(15)6-8)12-10-2-1-3-11(16)13(10)18-17-12/h1-6H,16H2,(H,17,18). The Morgan fingerprint density at radius 2 is 1.78 bits per heavy atom. The maximum atomic E-state index is 6.00. The minimum Gasteiger partial charge on any atom is -0.397 e. The van der Waals surface area contributed by atoms with Gasteiger partial charge in [-0.25, -0.2) is 0 Å². The highest BCUT2D eigenvalue weighted by molar-refractivity contribution is 6.35. The number of fused-ring (bicyclic) bond motifs is 1. The molecule has 0 amide bonds. The van der Waals surface area contributed by atoms with Gasteiger partial charge in [0, 0.05) is 21.0 Å². The fourth-order valence-electron chi connectivity index (χ4n) is 1.97. The number of para-hydroxylation sites is 1. The van der Waals surface area contributed by atoms with Crippen LogP contribution >= 0.6 is 23.2 Å². The number of nitrogens with zero attached hydrogens (tertiary/aromatic N) is 1. The number of rotatable bonds is 1. The lowest BCUT2D eigenvalue weighted by Gasteiger charge is -2.01. The molecule has 5 heteroatoms. The van der Waals surface area contributed by atoms with Crippen molar-refractivity contribution >= 4 is 39.8 Å². The molecule has 0 aliphatic heterocycles. The van der Waals surface area contributed by atoms with E-state index < -0.39 is 0 Å². The Morgan fingerprint density at radius 1 is 1.06 bits per heavy atom. The second-order valence-corrected chi connectivity index (χ2v) is 4.87. The van der Waals surface area contributed by atoms with Crippen molar-refractivity contribution < 1.29 is 0 Å². The van der Waals surface area contributed by atoms with Crippen molar-refractivity contribution in [1.29, 1.82) is 0 Å². The molecule has 0 fully saturated rings. The van der Waals surface area contributed by atoms with Crippen LogP contribution in [0.2, 0.25) is 10.0 Å². The van der Waals surface area contributed by atoms with Crippen LogP contribution in [0.1, 0.15) is 0 Å². The van der Waals surface area contributed by atoms with Crippen LogP contribution in [0.15, 0.2) is 36.4 Å². The average Bonchev–Trinajstić information content (AvgIpc) is 2.73. The van der Waals surface area contributed by atoms with Crippen molar-refractivity contribution in [3.8, 4) is 11.3 Å². The third-order valence-corrected chi connectivity index (χ3v) is 3.20. The molecule has 3 rings (SSSR count). The molecule has 3 aromatic rings. The number of aromatic nitrogens is 2. The molecule has 0 saturated heterocycles. The van der Waals surface area contributed by atoms with Gasteiger partial charge in [0.25, 0.3) is 0 Å². The molecule has 0 saturated carbocycles. The Morgan fingerprint density at radius 3 is 2.50 bits per heavy atom. The molecule has 0 aliphatic carbocycles. The Hall–Kier alpha value is -1.71. The molecule has 1 heterocycles. The van der Waals surface area contributed by atoms with E-state index in [4.69, 9.17) is 28.9 Å². The molecule has 1 aromatic heterocycles. The van der Waals surface area contributed by atoms with E-state index in [2.05, 4.69) is 10.2 Å². The van der Waals surface area contributed by atoms with Gasteiger partial charge in [-0.1, -0.05) is 35.3 Å². The van der Waals surface area contributed by atoms with E-state index in [9.17, 15) is 0 Å². The predicted octanol–water partition coefficient (Wildman–Crippen LogP) is 4.12. The van der Waals surface area contributed by atoms with E-state index in [1.807, 2.05) is 30.3 Å². The van der Waals surface area contributed by atoms with Crippen molar-refractivity contribution in [2.75, 3.05) is 5.73 Å². The van der Waals surface area contributed by atoms with E-state index in [0.717, 1.165) is 22.2 Å².